The minimum absolute atomic E-state index is 0.101. The van der Waals surface area contributed by atoms with Gasteiger partial charge < -0.3 is 10.4 Å². The van der Waals surface area contributed by atoms with Crippen molar-refractivity contribution in [3.63, 3.8) is 0 Å². The van der Waals surface area contributed by atoms with Crippen molar-refractivity contribution >= 4 is 11.8 Å². The van der Waals surface area contributed by atoms with Crippen molar-refractivity contribution < 1.29 is 14.3 Å². The Labute approximate surface area is 108 Å². The van der Waals surface area contributed by atoms with Crippen molar-refractivity contribution in [3.8, 4) is 0 Å². The molecule has 0 aromatic carbocycles. The molecule has 2 aromatic rings. The number of carboxylic acids is 1. The largest absolute Gasteiger partial charge is 0.478 e. The van der Waals surface area contributed by atoms with Gasteiger partial charge in [-0.2, -0.15) is 5.10 Å². The molecule has 1 atom stereocenters. The molecular weight excluding hydrogens is 251 g/mol. The number of rotatable bonds is 5. The number of halogens is 1. The lowest BCUT2D eigenvalue weighted by molar-refractivity contribution is 0.0697. The van der Waals surface area contributed by atoms with Gasteiger partial charge >= 0.3 is 5.97 Å². The Morgan fingerprint density at radius 1 is 1.63 bits per heavy atom. The van der Waals surface area contributed by atoms with E-state index in [2.05, 4.69) is 15.4 Å². The molecule has 0 saturated heterocycles. The summed E-state index contributed by atoms with van der Waals surface area (Å²) < 4.78 is 14.7. The van der Waals surface area contributed by atoms with Crippen LogP contribution in [0.25, 0.3) is 0 Å². The van der Waals surface area contributed by atoms with Crippen molar-refractivity contribution in [3.05, 3.63) is 42.1 Å². The lowest BCUT2D eigenvalue weighted by atomic mass is 10.2. The van der Waals surface area contributed by atoms with Gasteiger partial charge in [-0.05, 0) is 19.1 Å². The molecule has 0 aliphatic carbocycles. The van der Waals surface area contributed by atoms with E-state index in [4.69, 9.17) is 5.11 Å². The first-order valence-corrected chi connectivity index (χ1v) is 5.69. The van der Waals surface area contributed by atoms with E-state index in [1.54, 1.807) is 23.1 Å². The fraction of sp³-hybridized carbons (Fsp3) is 0.250. The lowest BCUT2D eigenvalue weighted by Gasteiger charge is -2.16. The number of aromatic carboxylic acids is 1. The first-order chi connectivity index (χ1) is 9.06. The molecule has 2 heterocycles. The summed E-state index contributed by atoms with van der Waals surface area (Å²) >= 11 is 0. The van der Waals surface area contributed by atoms with Gasteiger partial charge in [-0.15, -0.1) is 0 Å². The zero-order valence-corrected chi connectivity index (χ0v) is 10.2. The molecule has 1 unspecified atom stereocenters. The first-order valence-electron chi connectivity index (χ1n) is 5.69. The maximum atomic E-state index is 13.0. The Morgan fingerprint density at radius 3 is 3.05 bits per heavy atom. The van der Waals surface area contributed by atoms with Crippen LogP contribution in [0.3, 0.4) is 0 Å². The highest BCUT2D eigenvalue weighted by Gasteiger charge is 2.15. The minimum Gasteiger partial charge on any atom is -0.478 e. The molecule has 0 spiro atoms. The molecule has 7 heteroatoms. The Balaban J connectivity index is 2.12. The van der Waals surface area contributed by atoms with Crippen LogP contribution in [0.2, 0.25) is 0 Å². The first kappa shape index (κ1) is 13.0. The van der Waals surface area contributed by atoms with Gasteiger partial charge in [0.05, 0.1) is 12.7 Å². The van der Waals surface area contributed by atoms with Gasteiger partial charge in [0.15, 0.2) is 0 Å². The number of anilines is 1. The van der Waals surface area contributed by atoms with Crippen LogP contribution in [0.5, 0.6) is 0 Å². The molecule has 0 radical (unpaired) electrons. The van der Waals surface area contributed by atoms with Crippen molar-refractivity contribution in [2.45, 2.75) is 19.5 Å². The van der Waals surface area contributed by atoms with E-state index in [0.717, 1.165) is 12.3 Å². The van der Waals surface area contributed by atoms with E-state index in [1.165, 1.54) is 0 Å². The molecule has 6 nitrogen and oxygen atoms in total. The number of nitrogens with zero attached hydrogens (tertiary/aromatic N) is 3. The maximum Gasteiger partial charge on any atom is 0.339 e. The highest BCUT2D eigenvalue weighted by Crippen LogP contribution is 2.15. The van der Waals surface area contributed by atoms with E-state index >= 15 is 0 Å². The predicted octanol–water partition coefficient (Wildman–Crippen LogP) is 1.62. The Hall–Kier alpha value is -2.44. The normalized spacial score (nSPS) is 12.1. The van der Waals surface area contributed by atoms with Gasteiger partial charge in [-0.25, -0.2) is 14.2 Å². The maximum absolute atomic E-state index is 13.0. The predicted molar refractivity (Wildman–Crippen MR) is 66.5 cm³/mol. The van der Waals surface area contributed by atoms with Gasteiger partial charge in [-0.1, -0.05) is 0 Å². The summed E-state index contributed by atoms with van der Waals surface area (Å²) in [5.41, 5.74) is -0.188. The molecule has 0 aliphatic rings. The van der Waals surface area contributed by atoms with Crippen LogP contribution in [-0.2, 0) is 6.54 Å². The van der Waals surface area contributed by atoms with E-state index in [0.29, 0.717) is 6.54 Å². The Morgan fingerprint density at radius 2 is 2.42 bits per heavy atom. The zero-order valence-electron chi connectivity index (χ0n) is 10.2. The standard InChI is InChI=1S/C12H13FN4O2/c1-8(7-17-4-2-3-15-17)16-11-10(12(18)19)5-9(13)6-14-11/h2-6,8H,7H2,1H3,(H,14,16)(H,18,19). The van der Waals surface area contributed by atoms with Crippen molar-refractivity contribution in [2.75, 3.05) is 5.32 Å². The zero-order chi connectivity index (χ0) is 13.8. The summed E-state index contributed by atoms with van der Waals surface area (Å²) in [5.74, 6) is -1.75. The van der Waals surface area contributed by atoms with Crippen molar-refractivity contribution in [2.24, 2.45) is 0 Å². The molecule has 100 valence electrons. The van der Waals surface area contributed by atoms with Crippen LogP contribution in [0.15, 0.2) is 30.7 Å². The molecule has 0 saturated carbocycles. The minimum atomic E-state index is -1.22. The number of pyridine rings is 1. The third-order valence-corrected chi connectivity index (χ3v) is 2.49. The molecule has 2 N–H and O–H groups in total. The summed E-state index contributed by atoms with van der Waals surface area (Å²) in [6.45, 7) is 2.41. The third kappa shape index (κ3) is 3.27. The third-order valence-electron chi connectivity index (χ3n) is 2.49. The Kier molecular flexibility index (Phi) is 3.74. The SMILES string of the molecule is CC(Cn1cccn1)Nc1ncc(F)cc1C(=O)O. The van der Waals surface area contributed by atoms with Gasteiger partial charge in [0.2, 0.25) is 0 Å². The summed E-state index contributed by atoms with van der Waals surface area (Å²) in [7, 11) is 0. The number of carbonyl (C=O) groups is 1. The van der Waals surface area contributed by atoms with E-state index in [-0.39, 0.29) is 17.4 Å². The summed E-state index contributed by atoms with van der Waals surface area (Å²) in [6.07, 6.45) is 4.44. The van der Waals surface area contributed by atoms with Crippen molar-refractivity contribution in [1.29, 1.82) is 0 Å². The second-order valence-corrected chi connectivity index (χ2v) is 4.13. The van der Waals surface area contributed by atoms with Crippen molar-refractivity contribution in [1.82, 2.24) is 14.8 Å². The number of carboxylic acid groups (broad SMARTS) is 1. The number of nitrogens with one attached hydrogen (secondary N) is 1. The highest BCUT2D eigenvalue weighted by molar-refractivity contribution is 5.93. The number of aromatic nitrogens is 3. The molecule has 0 fully saturated rings. The van der Waals surface area contributed by atoms with Gasteiger partial charge in [0.1, 0.15) is 17.2 Å². The lowest BCUT2D eigenvalue weighted by Crippen LogP contribution is -2.24. The molecule has 0 aliphatic heterocycles. The molecule has 0 amide bonds. The highest BCUT2D eigenvalue weighted by atomic mass is 19.1. The molecule has 0 bridgehead atoms. The summed E-state index contributed by atoms with van der Waals surface area (Å²) in [5, 5.41) is 16.0. The smallest absolute Gasteiger partial charge is 0.339 e. The molecule has 2 aromatic heterocycles. The fourth-order valence-electron chi connectivity index (χ4n) is 1.69. The van der Waals surface area contributed by atoms with Crippen LogP contribution in [0, 0.1) is 5.82 Å². The molecule has 19 heavy (non-hydrogen) atoms. The second-order valence-electron chi connectivity index (χ2n) is 4.13. The van der Waals surface area contributed by atoms with Gasteiger partial charge in [0.25, 0.3) is 0 Å². The Bertz CT molecular complexity index is 571. The number of hydrogen-bond acceptors (Lipinski definition) is 4. The molecule has 2 rings (SSSR count). The van der Waals surface area contributed by atoms with E-state index in [9.17, 15) is 9.18 Å². The van der Waals surface area contributed by atoms with E-state index < -0.39 is 11.8 Å². The van der Waals surface area contributed by atoms with Gasteiger partial charge in [-0.3, -0.25) is 4.68 Å². The second kappa shape index (κ2) is 5.47. The average molecular weight is 264 g/mol. The van der Waals surface area contributed by atoms with Crippen LogP contribution in [0.1, 0.15) is 17.3 Å². The topological polar surface area (TPSA) is 80.0 Å². The van der Waals surface area contributed by atoms with E-state index in [1.807, 2.05) is 6.92 Å². The summed E-state index contributed by atoms with van der Waals surface area (Å²) in [4.78, 5) is 14.8. The van der Waals surface area contributed by atoms with Gasteiger partial charge in [0, 0.05) is 18.4 Å². The quantitative estimate of drug-likeness (QED) is 0.857. The van der Waals surface area contributed by atoms with Crippen LogP contribution in [0.4, 0.5) is 10.2 Å². The monoisotopic (exact) mass is 264 g/mol. The number of hydrogen-bond donors (Lipinski definition) is 2. The molecular formula is C12H13FN4O2. The average Bonchev–Trinajstić information content (AvgIpc) is 2.83. The fourth-order valence-corrected chi connectivity index (χ4v) is 1.69. The van der Waals surface area contributed by atoms with Crippen LogP contribution >= 0.6 is 0 Å². The summed E-state index contributed by atoms with van der Waals surface area (Å²) in [6, 6.07) is 2.64. The van der Waals surface area contributed by atoms with Crippen LogP contribution < -0.4 is 5.32 Å². The van der Waals surface area contributed by atoms with Crippen LogP contribution in [-0.4, -0.2) is 31.9 Å².